The van der Waals surface area contributed by atoms with Crippen molar-refractivity contribution >= 4 is 17.3 Å². The molecule has 2 aromatic rings. The highest BCUT2D eigenvalue weighted by Crippen LogP contribution is 2.23. The monoisotopic (exact) mass is 285 g/mol. The molecule has 1 aromatic heterocycles. The summed E-state index contributed by atoms with van der Waals surface area (Å²) in [5, 5.41) is 3.30. The van der Waals surface area contributed by atoms with Crippen LogP contribution < -0.4 is 11.1 Å². The summed E-state index contributed by atoms with van der Waals surface area (Å²) in [5.74, 6) is -0.423. The number of nitrogens with one attached hydrogen (secondary N) is 1. The number of ether oxygens (including phenoxy) is 1. The van der Waals surface area contributed by atoms with Gasteiger partial charge in [-0.25, -0.2) is 4.79 Å². The standard InChI is InChI=1S/C16H19N3O2/c1-11-9-13(10-14(15(11)17)16(20)21-2)19-8-5-12-3-6-18-7-4-12/h3-4,6-7,9-10,19H,5,8,17H2,1-2H3. The van der Waals surface area contributed by atoms with E-state index in [9.17, 15) is 4.79 Å². The first-order valence-corrected chi connectivity index (χ1v) is 6.73. The van der Waals surface area contributed by atoms with Crippen LogP contribution in [0, 0.1) is 6.92 Å². The van der Waals surface area contributed by atoms with Crippen molar-refractivity contribution in [3.8, 4) is 0 Å². The molecule has 5 heteroatoms. The van der Waals surface area contributed by atoms with Gasteiger partial charge in [0.15, 0.2) is 0 Å². The average Bonchev–Trinajstić information content (AvgIpc) is 2.51. The van der Waals surface area contributed by atoms with E-state index in [1.807, 2.05) is 25.1 Å². The predicted molar refractivity (Wildman–Crippen MR) is 83.4 cm³/mol. The van der Waals surface area contributed by atoms with Gasteiger partial charge in [0.2, 0.25) is 0 Å². The molecule has 21 heavy (non-hydrogen) atoms. The van der Waals surface area contributed by atoms with Gasteiger partial charge in [0, 0.05) is 30.3 Å². The summed E-state index contributed by atoms with van der Waals surface area (Å²) in [7, 11) is 1.35. The molecule has 0 unspecified atom stereocenters. The van der Waals surface area contributed by atoms with Gasteiger partial charge in [-0.2, -0.15) is 0 Å². The average molecular weight is 285 g/mol. The number of nitrogens with zero attached hydrogens (tertiary/aromatic N) is 1. The number of aromatic nitrogens is 1. The summed E-state index contributed by atoms with van der Waals surface area (Å²) in [5.41, 5.74) is 9.68. The van der Waals surface area contributed by atoms with Gasteiger partial charge < -0.3 is 15.8 Å². The van der Waals surface area contributed by atoms with Gasteiger partial charge in [-0.3, -0.25) is 4.98 Å². The van der Waals surface area contributed by atoms with Gasteiger partial charge in [0.25, 0.3) is 0 Å². The third kappa shape index (κ3) is 3.72. The highest BCUT2D eigenvalue weighted by molar-refractivity contribution is 5.97. The van der Waals surface area contributed by atoms with E-state index < -0.39 is 5.97 Å². The SMILES string of the molecule is COC(=O)c1cc(NCCc2ccncc2)cc(C)c1N. The number of hydrogen-bond donors (Lipinski definition) is 2. The number of nitrogen functional groups attached to an aromatic ring is 1. The molecule has 0 saturated heterocycles. The molecule has 0 fully saturated rings. The number of carbonyl (C=O) groups is 1. The van der Waals surface area contributed by atoms with Gasteiger partial charge in [-0.1, -0.05) is 0 Å². The maximum atomic E-state index is 11.7. The minimum atomic E-state index is -0.423. The van der Waals surface area contributed by atoms with Crippen LogP contribution >= 0.6 is 0 Å². The number of esters is 1. The normalized spacial score (nSPS) is 10.2. The van der Waals surface area contributed by atoms with Crippen LogP contribution in [0.25, 0.3) is 0 Å². The molecule has 2 rings (SSSR count). The maximum Gasteiger partial charge on any atom is 0.340 e. The van der Waals surface area contributed by atoms with Crippen molar-refractivity contribution < 1.29 is 9.53 Å². The van der Waals surface area contributed by atoms with E-state index in [1.54, 1.807) is 18.5 Å². The van der Waals surface area contributed by atoms with Crippen molar-refractivity contribution in [3.63, 3.8) is 0 Å². The molecule has 0 aliphatic heterocycles. The first kappa shape index (κ1) is 14.8. The van der Waals surface area contributed by atoms with Crippen LogP contribution in [0.5, 0.6) is 0 Å². The quantitative estimate of drug-likeness (QED) is 0.651. The molecule has 1 aromatic carbocycles. The molecule has 0 aliphatic carbocycles. The lowest BCUT2D eigenvalue weighted by Gasteiger charge is -2.12. The molecule has 0 saturated carbocycles. The highest BCUT2D eigenvalue weighted by atomic mass is 16.5. The smallest absolute Gasteiger partial charge is 0.340 e. The third-order valence-electron chi connectivity index (χ3n) is 3.28. The maximum absolute atomic E-state index is 11.7. The molecule has 0 amide bonds. The fraction of sp³-hybridized carbons (Fsp3) is 0.250. The van der Waals surface area contributed by atoms with E-state index in [1.165, 1.54) is 12.7 Å². The fourth-order valence-electron chi connectivity index (χ4n) is 2.08. The van der Waals surface area contributed by atoms with Crippen LogP contribution in [0.3, 0.4) is 0 Å². The lowest BCUT2D eigenvalue weighted by molar-refractivity contribution is 0.0602. The molecule has 3 N–H and O–H groups in total. The van der Waals surface area contributed by atoms with Gasteiger partial charge in [-0.05, 0) is 48.7 Å². The molecule has 0 aliphatic rings. The van der Waals surface area contributed by atoms with Gasteiger partial charge >= 0.3 is 5.97 Å². The lowest BCUT2D eigenvalue weighted by Crippen LogP contribution is -2.10. The van der Waals surface area contributed by atoms with E-state index in [2.05, 4.69) is 10.3 Å². The Morgan fingerprint density at radius 1 is 1.33 bits per heavy atom. The number of rotatable bonds is 5. The molecule has 0 atom stereocenters. The Hall–Kier alpha value is -2.56. The number of anilines is 2. The van der Waals surface area contributed by atoms with Gasteiger partial charge in [0.1, 0.15) is 0 Å². The van der Waals surface area contributed by atoms with E-state index in [-0.39, 0.29) is 0 Å². The largest absolute Gasteiger partial charge is 0.465 e. The molecule has 5 nitrogen and oxygen atoms in total. The van der Waals surface area contributed by atoms with Crippen LogP contribution in [0.15, 0.2) is 36.7 Å². The number of methoxy groups -OCH3 is 1. The zero-order valence-electron chi connectivity index (χ0n) is 12.2. The Bertz CT molecular complexity index is 627. The van der Waals surface area contributed by atoms with Crippen LogP contribution in [-0.4, -0.2) is 24.6 Å². The van der Waals surface area contributed by atoms with Gasteiger partial charge in [-0.15, -0.1) is 0 Å². The van der Waals surface area contributed by atoms with E-state index in [0.29, 0.717) is 11.3 Å². The van der Waals surface area contributed by atoms with E-state index in [0.717, 1.165) is 24.2 Å². The molecule has 0 bridgehead atoms. The van der Waals surface area contributed by atoms with E-state index in [4.69, 9.17) is 10.5 Å². The lowest BCUT2D eigenvalue weighted by atomic mass is 10.1. The van der Waals surface area contributed by atoms with Crippen molar-refractivity contribution in [2.75, 3.05) is 24.7 Å². The number of nitrogens with two attached hydrogens (primary N) is 1. The van der Waals surface area contributed by atoms with Crippen LogP contribution in [0.4, 0.5) is 11.4 Å². The number of aryl methyl sites for hydroxylation is 1. The molecular weight excluding hydrogens is 266 g/mol. The summed E-state index contributed by atoms with van der Waals surface area (Å²) in [6.45, 7) is 2.63. The number of pyridine rings is 1. The Balaban J connectivity index is 2.06. The fourth-order valence-corrected chi connectivity index (χ4v) is 2.08. The predicted octanol–water partition coefficient (Wildman–Crippen LogP) is 2.41. The third-order valence-corrected chi connectivity index (χ3v) is 3.28. The summed E-state index contributed by atoms with van der Waals surface area (Å²) >= 11 is 0. The van der Waals surface area contributed by atoms with Crippen molar-refractivity contribution in [2.45, 2.75) is 13.3 Å². The zero-order chi connectivity index (χ0) is 15.2. The number of benzene rings is 1. The second-order valence-corrected chi connectivity index (χ2v) is 4.78. The number of hydrogen-bond acceptors (Lipinski definition) is 5. The van der Waals surface area contributed by atoms with Crippen molar-refractivity contribution in [3.05, 3.63) is 53.3 Å². The Morgan fingerprint density at radius 2 is 2.05 bits per heavy atom. The van der Waals surface area contributed by atoms with Crippen molar-refractivity contribution in [2.24, 2.45) is 0 Å². The number of carbonyl (C=O) groups excluding carboxylic acids is 1. The molecule has 0 spiro atoms. The summed E-state index contributed by atoms with van der Waals surface area (Å²) in [6.07, 6.45) is 4.43. The first-order valence-electron chi connectivity index (χ1n) is 6.73. The minimum Gasteiger partial charge on any atom is -0.465 e. The van der Waals surface area contributed by atoms with Crippen molar-refractivity contribution in [1.29, 1.82) is 0 Å². The Morgan fingerprint density at radius 3 is 2.71 bits per heavy atom. The van der Waals surface area contributed by atoms with Crippen LogP contribution in [0.1, 0.15) is 21.5 Å². The van der Waals surface area contributed by atoms with E-state index >= 15 is 0 Å². The minimum absolute atomic E-state index is 0.393. The summed E-state index contributed by atoms with van der Waals surface area (Å²) in [6, 6.07) is 7.61. The molecule has 1 heterocycles. The van der Waals surface area contributed by atoms with Crippen molar-refractivity contribution in [1.82, 2.24) is 4.98 Å². The Kier molecular flexibility index (Phi) is 4.77. The summed E-state index contributed by atoms with van der Waals surface area (Å²) < 4.78 is 4.75. The van der Waals surface area contributed by atoms with Gasteiger partial charge in [0.05, 0.1) is 12.7 Å². The molecular formula is C16H19N3O2. The second kappa shape index (κ2) is 6.74. The topological polar surface area (TPSA) is 77.2 Å². The van der Waals surface area contributed by atoms with Crippen LogP contribution in [0.2, 0.25) is 0 Å². The Labute approximate surface area is 124 Å². The summed E-state index contributed by atoms with van der Waals surface area (Å²) in [4.78, 5) is 15.7. The second-order valence-electron chi connectivity index (χ2n) is 4.78. The molecule has 110 valence electrons. The van der Waals surface area contributed by atoms with Crippen LogP contribution in [-0.2, 0) is 11.2 Å². The molecule has 0 radical (unpaired) electrons. The highest BCUT2D eigenvalue weighted by Gasteiger charge is 2.13. The zero-order valence-corrected chi connectivity index (χ0v) is 12.2. The first-order chi connectivity index (χ1) is 10.1.